The van der Waals surface area contributed by atoms with Crippen LogP contribution in [0.4, 0.5) is 0 Å². The summed E-state index contributed by atoms with van der Waals surface area (Å²) in [7, 11) is 2.93. The van der Waals surface area contributed by atoms with E-state index < -0.39 is 0 Å². The molecule has 0 bridgehead atoms. The molecule has 2 rings (SSSR count). The van der Waals surface area contributed by atoms with Gasteiger partial charge in [0.15, 0.2) is 0 Å². The topological polar surface area (TPSA) is 69.0 Å². The Bertz CT molecular complexity index is 704. The van der Waals surface area contributed by atoms with Crippen molar-refractivity contribution < 1.29 is 23.5 Å². The van der Waals surface area contributed by atoms with Gasteiger partial charge in [0.25, 0.3) is 0 Å². The molecule has 0 unspecified atom stereocenters. The highest BCUT2D eigenvalue weighted by Crippen LogP contribution is 2.14. The molecule has 0 aliphatic carbocycles. The zero-order valence-electron chi connectivity index (χ0n) is 14.3. The number of esters is 1. The number of carbonyl (C=O) groups is 2. The second-order valence-corrected chi connectivity index (χ2v) is 5.28. The lowest BCUT2D eigenvalue weighted by atomic mass is 10.2. The van der Waals surface area contributed by atoms with Crippen LogP contribution >= 0.6 is 0 Å². The van der Waals surface area contributed by atoms with Gasteiger partial charge < -0.3 is 18.8 Å². The molecule has 0 saturated carbocycles. The Morgan fingerprint density at radius 1 is 1.16 bits per heavy atom. The first-order valence-corrected chi connectivity index (χ1v) is 7.82. The van der Waals surface area contributed by atoms with Crippen LogP contribution in [0.2, 0.25) is 0 Å². The Labute approximate surface area is 146 Å². The van der Waals surface area contributed by atoms with Crippen LogP contribution in [0.25, 0.3) is 6.08 Å². The molecule has 0 spiro atoms. The molecule has 0 saturated heterocycles. The third kappa shape index (κ3) is 5.84. The molecule has 0 N–H and O–H groups in total. The largest absolute Gasteiger partial charge is 0.497 e. The van der Waals surface area contributed by atoms with Crippen LogP contribution < -0.4 is 4.74 Å². The van der Waals surface area contributed by atoms with E-state index in [0.29, 0.717) is 12.3 Å². The Kier molecular flexibility index (Phi) is 6.83. The fourth-order valence-electron chi connectivity index (χ4n) is 2.19. The molecule has 0 aliphatic rings. The van der Waals surface area contributed by atoms with Crippen molar-refractivity contribution >= 4 is 18.0 Å². The smallest absolute Gasteiger partial charge is 0.307 e. The lowest BCUT2D eigenvalue weighted by Crippen LogP contribution is -2.31. The van der Waals surface area contributed by atoms with Gasteiger partial charge in [-0.3, -0.25) is 9.59 Å². The molecule has 0 fully saturated rings. The van der Waals surface area contributed by atoms with Crippen LogP contribution in [0.1, 0.15) is 17.7 Å². The maximum Gasteiger partial charge on any atom is 0.307 e. The molecule has 6 heteroatoms. The fourth-order valence-corrected chi connectivity index (χ4v) is 2.19. The SMILES string of the molecule is COC(=O)CCN(Cc1ccc(OC)cc1)C(=O)/C=C/c1ccco1. The monoisotopic (exact) mass is 343 g/mol. The van der Waals surface area contributed by atoms with E-state index in [1.165, 1.54) is 19.4 Å². The number of ether oxygens (including phenoxy) is 2. The average Bonchev–Trinajstić information content (AvgIpc) is 3.16. The lowest BCUT2D eigenvalue weighted by Gasteiger charge is -2.21. The first-order valence-electron chi connectivity index (χ1n) is 7.82. The van der Waals surface area contributed by atoms with E-state index in [2.05, 4.69) is 4.74 Å². The number of benzene rings is 1. The molecule has 1 heterocycles. The van der Waals surface area contributed by atoms with E-state index in [9.17, 15) is 9.59 Å². The second kappa shape index (κ2) is 9.32. The molecule has 1 aromatic carbocycles. The van der Waals surface area contributed by atoms with Gasteiger partial charge in [-0.05, 0) is 35.9 Å². The van der Waals surface area contributed by atoms with Crippen LogP contribution in [0.5, 0.6) is 5.75 Å². The number of amides is 1. The van der Waals surface area contributed by atoms with Crippen LogP contribution in [0.15, 0.2) is 53.2 Å². The van der Waals surface area contributed by atoms with Gasteiger partial charge in [0.2, 0.25) is 5.91 Å². The lowest BCUT2D eigenvalue weighted by molar-refractivity contribution is -0.141. The summed E-state index contributed by atoms with van der Waals surface area (Å²) in [6.07, 6.45) is 4.70. The Morgan fingerprint density at radius 3 is 2.52 bits per heavy atom. The minimum absolute atomic E-state index is 0.132. The molecule has 25 heavy (non-hydrogen) atoms. The molecule has 0 aliphatic heterocycles. The van der Waals surface area contributed by atoms with Gasteiger partial charge in [0.1, 0.15) is 11.5 Å². The van der Waals surface area contributed by atoms with Crippen molar-refractivity contribution in [3.05, 3.63) is 60.1 Å². The van der Waals surface area contributed by atoms with Crippen molar-refractivity contribution in [3.8, 4) is 5.75 Å². The van der Waals surface area contributed by atoms with Crippen molar-refractivity contribution in [2.75, 3.05) is 20.8 Å². The maximum absolute atomic E-state index is 12.5. The van der Waals surface area contributed by atoms with Crippen LogP contribution in [0.3, 0.4) is 0 Å². The zero-order valence-corrected chi connectivity index (χ0v) is 14.3. The number of hydrogen-bond acceptors (Lipinski definition) is 5. The number of methoxy groups -OCH3 is 2. The summed E-state index contributed by atoms with van der Waals surface area (Å²) in [5.41, 5.74) is 0.936. The molecule has 132 valence electrons. The summed E-state index contributed by atoms with van der Waals surface area (Å²) in [5.74, 6) is 0.762. The predicted octanol–water partition coefficient (Wildman–Crippen LogP) is 2.89. The number of hydrogen-bond donors (Lipinski definition) is 0. The van der Waals surface area contributed by atoms with Crippen LogP contribution in [-0.2, 0) is 20.9 Å². The third-order valence-corrected chi connectivity index (χ3v) is 3.59. The zero-order chi connectivity index (χ0) is 18.1. The Hall–Kier alpha value is -3.02. The molecular weight excluding hydrogens is 322 g/mol. The first-order chi connectivity index (χ1) is 12.1. The summed E-state index contributed by atoms with van der Waals surface area (Å²) < 4.78 is 15.0. The van der Waals surface area contributed by atoms with Gasteiger partial charge in [-0.15, -0.1) is 0 Å². The summed E-state index contributed by atoms with van der Waals surface area (Å²) >= 11 is 0. The summed E-state index contributed by atoms with van der Waals surface area (Å²) in [5, 5.41) is 0. The van der Waals surface area contributed by atoms with Gasteiger partial charge in [-0.1, -0.05) is 12.1 Å². The standard InChI is InChI=1S/C19H21NO5/c1-23-16-7-5-15(6-8-16)14-20(12-11-19(22)24-2)18(21)10-9-17-4-3-13-25-17/h3-10,13H,11-12,14H2,1-2H3/b10-9+. The highest BCUT2D eigenvalue weighted by atomic mass is 16.5. The molecular formula is C19H21NO5. The Morgan fingerprint density at radius 2 is 1.92 bits per heavy atom. The average molecular weight is 343 g/mol. The van der Waals surface area contributed by atoms with Crippen LogP contribution in [-0.4, -0.2) is 37.5 Å². The number of rotatable bonds is 8. The van der Waals surface area contributed by atoms with Gasteiger partial charge in [-0.2, -0.15) is 0 Å². The van der Waals surface area contributed by atoms with Crippen molar-refractivity contribution in [1.82, 2.24) is 4.90 Å². The molecule has 0 atom stereocenters. The molecule has 1 amide bonds. The van der Waals surface area contributed by atoms with E-state index in [0.717, 1.165) is 11.3 Å². The quantitative estimate of drug-likeness (QED) is 0.544. The van der Waals surface area contributed by atoms with Gasteiger partial charge in [0, 0.05) is 19.2 Å². The van der Waals surface area contributed by atoms with Gasteiger partial charge >= 0.3 is 5.97 Å². The summed E-state index contributed by atoms with van der Waals surface area (Å²) in [6, 6.07) is 10.9. The highest BCUT2D eigenvalue weighted by molar-refractivity contribution is 5.91. The third-order valence-electron chi connectivity index (χ3n) is 3.59. The van der Waals surface area contributed by atoms with E-state index >= 15 is 0 Å². The van der Waals surface area contributed by atoms with E-state index in [4.69, 9.17) is 9.15 Å². The minimum atomic E-state index is -0.359. The first kappa shape index (κ1) is 18.3. The normalized spacial score (nSPS) is 10.6. The van der Waals surface area contributed by atoms with E-state index in [-0.39, 0.29) is 24.8 Å². The van der Waals surface area contributed by atoms with Crippen LogP contribution in [0, 0.1) is 0 Å². The molecule has 6 nitrogen and oxygen atoms in total. The van der Waals surface area contributed by atoms with Gasteiger partial charge in [0.05, 0.1) is 26.9 Å². The molecule has 2 aromatic rings. The number of nitrogens with zero attached hydrogens (tertiary/aromatic N) is 1. The van der Waals surface area contributed by atoms with E-state index in [1.807, 2.05) is 24.3 Å². The minimum Gasteiger partial charge on any atom is -0.497 e. The van der Waals surface area contributed by atoms with Crippen molar-refractivity contribution in [2.24, 2.45) is 0 Å². The van der Waals surface area contributed by atoms with Crippen molar-refractivity contribution in [1.29, 1.82) is 0 Å². The predicted molar refractivity (Wildman–Crippen MR) is 92.8 cm³/mol. The summed E-state index contributed by atoms with van der Waals surface area (Å²) in [4.78, 5) is 25.5. The molecule has 1 aromatic heterocycles. The summed E-state index contributed by atoms with van der Waals surface area (Å²) in [6.45, 7) is 0.641. The Balaban J connectivity index is 2.07. The highest BCUT2D eigenvalue weighted by Gasteiger charge is 2.14. The number of carbonyl (C=O) groups excluding carboxylic acids is 2. The second-order valence-electron chi connectivity index (χ2n) is 5.28. The van der Waals surface area contributed by atoms with E-state index in [1.54, 1.807) is 30.2 Å². The maximum atomic E-state index is 12.5. The number of furan rings is 1. The fraction of sp³-hybridized carbons (Fsp3) is 0.263. The van der Waals surface area contributed by atoms with Crippen molar-refractivity contribution in [2.45, 2.75) is 13.0 Å². The molecule has 0 radical (unpaired) electrons. The van der Waals surface area contributed by atoms with Crippen molar-refractivity contribution in [3.63, 3.8) is 0 Å². The van der Waals surface area contributed by atoms with Gasteiger partial charge in [-0.25, -0.2) is 0 Å².